The van der Waals surface area contributed by atoms with Crippen LogP contribution in [0.1, 0.15) is 27.3 Å². The highest BCUT2D eigenvalue weighted by molar-refractivity contribution is 6.04. The molecular weight excluding hydrogens is 336 g/mol. The van der Waals surface area contributed by atoms with E-state index in [1.54, 1.807) is 0 Å². The van der Waals surface area contributed by atoms with Crippen molar-refractivity contribution in [1.29, 1.82) is 0 Å². The Balaban J connectivity index is 1.55. The molecule has 0 saturated carbocycles. The average molecular weight is 358 g/mol. The largest absolute Gasteiger partial charge is 0.365 e. The van der Waals surface area contributed by atoms with E-state index in [0.29, 0.717) is 18.8 Å². The number of rotatable bonds is 6. The van der Waals surface area contributed by atoms with Crippen LogP contribution in [0.3, 0.4) is 0 Å². The fourth-order valence-electron chi connectivity index (χ4n) is 3.20. The first-order valence-electron chi connectivity index (χ1n) is 9.12. The number of benzene rings is 2. The summed E-state index contributed by atoms with van der Waals surface area (Å²) in [4.78, 5) is 15.8. The summed E-state index contributed by atoms with van der Waals surface area (Å²) < 4.78 is 1.90. The standard InChI is InChI=1S/C22H22N4O/c1-16-8-10-17(11-9-16)15-26-20-7-3-2-6-19(20)21(25-26)22(27)24-14-12-18-5-4-13-23-18/h2-11,13,23H,12,14-15H2,1H3,(H,24,27). The van der Waals surface area contributed by atoms with Gasteiger partial charge in [-0.3, -0.25) is 9.48 Å². The van der Waals surface area contributed by atoms with Crippen LogP contribution in [0.25, 0.3) is 10.9 Å². The Morgan fingerprint density at radius 2 is 1.89 bits per heavy atom. The lowest BCUT2D eigenvalue weighted by molar-refractivity contribution is 0.0950. The number of carbonyl (C=O) groups is 1. The molecule has 0 atom stereocenters. The SMILES string of the molecule is Cc1ccc(Cn2nc(C(=O)NCCc3ccc[nH]3)c3ccccc32)cc1. The maximum Gasteiger partial charge on any atom is 0.272 e. The number of aryl methyl sites for hydroxylation is 1. The predicted octanol–water partition coefficient (Wildman–Crippen LogP) is 3.69. The van der Waals surface area contributed by atoms with Gasteiger partial charge in [0.05, 0.1) is 12.1 Å². The molecule has 4 rings (SSSR count). The van der Waals surface area contributed by atoms with Crippen LogP contribution in [-0.2, 0) is 13.0 Å². The summed E-state index contributed by atoms with van der Waals surface area (Å²) in [5.41, 5.74) is 4.93. The number of nitrogens with zero attached hydrogens (tertiary/aromatic N) is 2. The number of carbonyl (C=O) groups excluding carboxylic acids is 1. The number of aromatic nitrogens is 3. The second-order valence-electron chi connectivity index (χ2n) is 6.71. The van der Waals surface area contributed by atoms with E-state index in [1.807, 2.05) is 47.3 Å². The number of hydrogen-bond donors (Lipinski definition) is 2. The monoisotopic (exact) mass is 358 g/mol. The van der Waals surface area contributed by atoms with Gasteiger partial charge in [-0.1, -0.05) is 48.0 Å². The fraction of sp³-hybridized carbons (Fsp3) is 0.182. The number of amides is 1. The van der Waals surface area contributed by atoms with Gasteiger partial charge in [-0.05, 0) is 30.7 Å². The van der Waals surface area contributed by atoms with Crippen LogP contribution in [0.2, 0.25) is 0 Å². The van der Waals surface area contributed by atoms with E-state index in [2.05, 4.69) is 46.6 Å². The van der Waals surface area contributed by atoms with Gasteiger partial charge in [0.25, 0.3) is 5.91 Å². The third-order valence-electron chi connectivity index (χ3n) is 4.67. The molecule has 0 aliphatic carbocycles. The number of fused-ring (bicyclic) bond motifs is 1. The van der Waals surface area contributed by atoms with E-state index in [4.69, 9.17) is 0 Å². The van der Waals surface area contributed by atoms with Crippen LogP contribution in [-0.4, -0.2) is 27.2 Å². The van der Waals surface area contributed by atoms with Crippen LogP contribution in [0, 0.1) is 6.92 Å². The van der Waals surface area contributed by atoms with Gasteiger partial charge in [0, 0.05) is 30.2 Å². The molecule has 0 aliphatic heterocycles. The summed E-state index contributed by atoms with van der Waals surface area (Å²) in [6, 6.07) is 20.2. The van der Waals surface area contributed by atoms with Gasteiger partial charge >= 0.3 is 0 Å². The van der Waals surface area contributed by atoms with Crippen molar-refractivity contribution >= 4 is 16.8 Å². The molecule has 2 heterocycles. The maximum absolute atomic E-state index is 12.7. The van der Waals surface area contributed by atoms with E-state index in [9.17, 15) is 4.79 Å². The fourth-order valence-corrected chi connectivity index (χ4v) is 3.20. The Kier molecular flexibility index (Phi) is 4.75. The Bertz CT molecular complexity index is 1050. The molecule has 2 N–H and O–H groups in total. The van der Waals surface area contributed by atoms with Crippen molar-refractivity contribution in [2.24, 2.45) is 0 Å². The Hall–Kier alpha value is -3.34. The average Bonchev–Trinajstić information content (AvgIpc) is 3.32. The summed E-state index contributed by atoms with van der Waals surface area (Å²) in [5.74, 6) is -0.139. The van der Waals surface area contributed by atoms with Crippen molar-refractivity contribution in [3.05, 3.63) is 89.4 Å². The third kappa shape index (κ3) is 3.77. The minimum absolute atomic E-state index is 0.139. The highest BCUT2D eigenvalue weighted by Gasteiger charge is 2.16. The molecule has 0 radical (unpaired) electrons. The molecule has 4 aromatic rings. The second-order valence-corrected chi connectivity index (χ2v) is 6.71. The highest BCUT2D eigenvalue weighted by atomic mass is 16.1. The lowest BCUT2D eigenvalue weighted by Gasteiger charge is -2.04. The van der Waals surface area contributed by atoms with E-state index in [1.165, 1.54) is 5.56 Å². The van der Waals surface area contributed by atoms with Crippen LogP contribution in [0.5, 0.6) is 0 Å². The number of H-pyrrole nitrogens is 1. The molecule has 0 fully saturated rings. The molecule has 5 nitrogen and oxygen atoms in total. The number of aromatic amines is 1. The molecule has 0 aliphatic rings. The zero-order valence-corrected chi connectivity index (χ0v) is 15.3. The van der Waals surface area contributed by atoms with Gasteiger partial charge in [0.2, 0.25) is 0 Å². The van der Waals surface area contributed by atoms with Gasteiger partial charge in [-0.25, -0.2) is 0 Å². The summed E-state index contributed by atoms with van der Waals surface area (Å²) in [6.45, 7) is 3.28. The topological polar surface area (TPSA) is 62.7 Å². The number of para-hydroxylation sites is 1. The van der Waals surface area contributed by atoms with E-state index < -0.39 is 0 Å². The van der Waals surface area contributed by atoms with Crippen molar-refractivity contribution < 1.29 is 4.79 Å². The zero-order valence-electron chi connectivity index (χ0n) is 15.3. The van der Waals surface area contributed by atoms with E-state index in [-0.39, 0.29) is 5.91 Å². The van der Waals surface area contributed by atoms with Crippen molar-refractivity contribution in [2.75, 3.05) is 6.54 Å². The molecule has 0 unspecified atom stereocenters. The summed E-state index contributed by atoms with van der Waals surface area (Å²) in [7, 11) is 0. The van der Waals surface area contributed by atoms with Gasteiger partial charge in [0.15, 0.2) is 5.69 Å². The molecule has 27 heavy (non-hydrogen) atoms. The first-order chi connectivity index (χ1) is 13.2. The molecule has 5 heteroatoms. The lowest BCUT2D eigenvalue weighted by atomic mass is 10.1. The molecule has 2 aromatic heterocycles. The van der Waals surface area contributed by atoms with Crippen molar-refractivity contribution in [3.63, 3.8) is 0 Å². The van der Waals surface area contributed by atoms with E-state index in [0.717, 1.165) is 28.6 Å². The van der Waals surface area contributed by atoms with Gasteiger partial charge in [-0.15, -0.1) is 0 Å². The van der Waals surface area contributed by atoms with Gasteiger partial charge < -0.3 is 10.3 Å². The van der Waals surface area contributed by atoms with Crippen molar-refractivity contribution in [2.45, 2.75) is 19.9 Å². The number of hydrogen-bond acceptors (Lipinski definition) is 2. The van der Waals surface area contributed by atoms with Crippen LogP contribution >= 0.6 is 0 Å². The minimum Gasteiger partial charge on any atom is -0.365 e. The molecular formula is C22H22N4O. The Morgan fingerprint density at radius 1 is 1.07 bits per heavy atom. The first-order valence-corrected chi connectivity index (χ1v) is 9.12. The van der Waals surface area contributed by atoms with Gasteiger partial charge in [0.1, 0.15) is 0 Å². The molecule has 0 bridgehead atoms. The predicted molar refractivity (Wildman–Crippen MR) is 107 cm³/mol. The zero-order chi connectivity index (χ0) is 18.6. The molecule has 0 saturated heterocycles. The van der Waals surface area contributed by atoms with E-state index >= 15 is 0 Å². The molecule has 1 amide bonds. The highest BCUT2D eigenvalue weighted by Crippen LogP contribution is 2.20. The number of nitrogens with one attached hydrogen (secondary N) is 2. The summed E-state index contributed by atoms with van der Waals surface area (Å²) in [5, 5.41) is 8.48. The normalized spacial score (nSPS) is 11.0. The van der Waals surface area contributed by atoms with Crippen LogP contribution < -0.4 is 5.32 Å². The Labute approximate surface area is 158 Å². The molecule has 136 valence electrons. The van der Waals surface area contributed by atoms with Crippen LogP contribution in [0.4, 0.5) is 0 Å². The van der Waals surface area contributed by atoms with Crippen molar-refractivity contribution in [3.8, 4) is 0 Å². The lowest BCUT2D eigenvalue weighted by Crippen LogP contribution is -2.26. The quantitative estimate of drug-likeness (QED) is 0.552. The smallest absolute Gasteiger partial charge is 0.272 e. The minimum atomic E-state index is -0.139. The second kappa shape index (κ2) is 7.50. The van der Waals surface area contributed by atoms with Gasteiger partial charge in [-0.2, -0.15) is 5.10 Å². The van der Waals surface area contributed by atoms with Crippen LogP contribution in [0.15, 0.2) is 66.9 Å². The molecule has 2 aromatic carbocycles. The third-order valence-corrected chi connectivity index (χ3v) is 4.67. The molecule has 0 spiro atoms. The maximum atomic E-state index is 12.7. The van der Waals surface area contributed by atoms with Crippen molar-refractivity contribution in [1.82, 2.24) is 20.1 Å². The first kappa shape index (κ1) is 17.1. The Morgan fingerprint density at radius 3 is 2.67 bits per heavy atom. The summed E-state index contributed by atoms with van der Waals surface area (Å²) in [6.07, 6.45) is 2.65. The summed E-state index contributed by atoms with van der Waals surface area (Å²) >= 11 is 0.